The fraction of sp³-hybridized carbons (Fsp3) is 0.0769. The molecule has 2 aromatic rings. The van der Waals surface area contributed by atoms with Crippen molar-refractivity contribution in [1.29, 1.82) is 0 Å². The highest BCUT2D eigenvalue weighted by atomic mass is 79.9. The number of halogens is 1. The maximum Gasteiger partial charge on any atom is 0.148 e. The third kappa shape index (κ3) is 3.05. The zero-order valence-electron chi connectivity index (χ0n) is 9.47. The molecule has 0 saturated carbocycles. The number of nitrogens with zero attached hydrogens (tertiary/aromatic N) is 1. The van der Waals surface area contributed by atoms with Crippen LogP contribution >= 0.6 is 28.1 Å². The SMILES string of the molecule is NC(=S)c1ncccc1OCc1ccccc1Br. The minimum Gasteiger partial charge on any atom is -0.486 e. The van der Waals surface area contributed by atoms with Crippen LogP contribution in [0.1, 0.15) is 11.3 Å². The molecule has 0 saturated heterocycles. The Morgan fingerprint density at radius 3 is 2.78 bits per heavy atom. The molecule has 3 nitrogen and oxygen atoms in total. The highest BCUT2D eigenvalue weighted by molar-refractivity contribution is 9.10. The van der Waals surface area contributed by atoms with Crippen molar-refractivity contribution in [2.45, 2.75) is 6.61 Å². The molecule has 0 spiro atoms. The Morgan fingerprint density at radius 2 is 2.06 bits per heavy atom. The number of benzene rings is 1. The lowest BCUT2D eigenvalue weighted by Gasteiger charge is -2.10. The van der Waals surface area contributed by atoms with E-state index in [1.807, 2.05) is 24.3 Å². The van der Waals surface area contributed by atoms with Crippen molar-refractivity contribution in [3.05, 3.63) is 58.3 Å². The molecule has 1 aromatic carbocycles. The number of nitrogens with two attached hydrogens (primary N) is 1. The lowest BCUT2D eigenvalue weighted by atomic mass is 10.2. The van der Waals surface area contributed by atoms with Crippen molar-refractivity contribution in [1.82, 2.24) is 4.98 Å². The lowest BCUT2D eigenvalue weighted by molar-refractivity contribution is 0.303. The van der Waals surface area contributed by atoms with Gasteiger partial charge >= 0.3 is 0 Å². The Bertz CT molecular complexity index is 574. The molecular weight excluding hydrogens is 312 g/mol. The lowest BCUT2D eigenvalue weighted by Crippen LogP contribution is -2.13. The number of thiocarbonyl (C=S) groups is 1. The molecule has 0 fully saturated rings. The number of hydrogen-bond donors (Lipinski definition) is 1. The maximum atomic E-state index is 5.71. The summed E-state index contributed by atoms with van der Waals surface area (Å²) in [5.74, 6) is 0.598. The van der Waals surface area contributed by atoms with Crippen LogP contribution in [0.15, 0.2) is 47.1 Å². The molecule has 1 aromatic heterocycles. The minimum absolute atomic E-state index is 0.234. The van der Waals surface area contributed by atoms with Gasteiger partial charge in [-0.05, 0) is 18.2 Å². The first-order valence-corrected chi connectivity index (χ1v) is 6.49. The van der Waals surface area contributed by atoms with Crippen LogP contribution in [-0.4, -0.2) is 9.97 Å². The topological polar surface area (TPSA) is 48.1 Å². The van der Waals surface area contributed by atoms with Crippen LogP contribution in [0.3, 0.4) is 0 Å². The van der Waals surface area contributed by atoms with E-state index in [1.165, 1.54) is 0 Å². The fourth-order valence-corrected chi connectivity index (χ4v) is 2.02. The maximum absolute atomic E-state index is 5.71. The van der Waals surface area contributed by atoms with Crippen molar-refractivity contribution in [2.24, 2.45) is 5.73 Å². The normalized spacial score (nSPS) is 10.1. The predicted molar refractivity (Wildman–Crippen MR) is 78.6 cm³/mol. The van der Waals surface area contributed by atoms with Crippen molar-refractivity contribution in [2.75, 3.05) is 0 Å². The Kier molecular flexibility index (Phi) is 4.28. The summed E-state index contributed by atoms with van der Waals surface area (Å²) in [7, 11) is 0. The number of hydrogen-bond acceptors (Lipinski definition) is 3. The van der Waals surface area contributed by atoms with Crippen molar-refractivity contribution in [3.63, 3.8) is 0 Å². The van der Waals surface area contributed by atoms with E-state index in [1.54, 1.807) is 18.3 Å². The van der Waals surface area contributed by atoms with Crippen LogP contribution in [0.4, 0.5) is 0 Å². The van der Waals surface area contributed by atoms with Crippen molar-refractivity contribution in [3.8, 4) is 5.75 Å². The van der Waals surface area contributed by atoms with E-state index < -0.39 is 0 Å². The predicted octanol–water partition coefficient (Wildman–Crippen LogP) is 3.06. The average Bonchev–Trinajstić information content (AvgIpc) is 2.38. The van der Waals surface area contributed by atoms with Crippen LogP contribution in [-0.2, 0) is 6.61 Å². The van der Waals surface area contributed by atoms with Crippen molar-refractivity contribution >= 4 is 33.1 Å². The molecule has 0 radical (unpaired) electrons. The first-order valence-electron chi connectivity index (χ1n) is 5.29. The largest absolute Gasteiger partial charge is 0.486 e. The smallest absolute Gasteiger partial charge is 0.148 e. The van der Waals surface area contributed by atoms with E-state index >= 15 is 0 Å². The number of rotatable bonds is 4. The molecule has 92 valence electrons. The van der Waals surface area contributed by atoms with Gasteiger partial charge in [0, 0.05) is 16.2 Å². The second kappa shape index (κ2) is 5.93. The van der Waals surface area contributed by atoms with E-state index in [0.29, 0.717) is 18.1 Å². The summed E-state index contributed by atoms with van der Waals surface area (Å²) in [5, 5.41) is 0. The van der Waals surface area contributed by atoms with E-state index in [0.717, 1.165) is 10.0 Å². The van der Waals surface area contributed by atoms with Crippen LogP contribution < -0.4 is 10.5 Å². The molecule has 2 N–H and O–H groups in total. The van der Waals surface area contributed by atoms with E-state index in [2.05, 4.69) is 20.9 Å². The van der Waals surface area contributed by atoms with Crippen LogP contribution in [0.2, 0.25) is 0 Å². The molecule has 1 heterocycles. The molecule has 5 heteroatoms. The molecule has 0 unspecified atom stereocenters. The molecule has 0 bridgehead atoms. The van der Waals surface area contributed by atoms with Gasteiger partial charge in [-0.3, -0.25) is 0 Å². The van der Waals surface area contributed by atoms with Crippen LogP contribution in [0, 0.1) is 0 Å². The second-order valence-electron chi connectivity index (χ2n) is 3.59. The molecule has 0 aliphatic rings. The Balaban J connectivity index is 2.16. The molecule has 2 rings (SSSR count). The Labute approximate surface area is 119 Å². The summed E-state index contributed by atoms with van der Waals surface area (Å²) < 4.78 is 6.71. The third-order valence-electron chi connectivity index (χ3n) is 2.35. The molecule has 18 heavy (non-hydrogen) atoms. The summed E-state index contributed by atoms with van der Waals surface area (Å²) in [5.41, 5.74) is 7.16. The van der Waals surface area contributed by atoms with Gasteiger partial charge < -0.3 is 10.5 Å². The van der Waals surface area contributed by atoms with Gasteiger partial charge in [-0.25, -0.2) is 4.98 Å². The first kappa shape index (κ1) is 13.0. The van der Waals surface area contributed by atoms with E-state index in [9.17, 15) is 0 Å². The third-order valence-corrected chi connectivity index (χ3v) is 3.31. The van der Waals surface area contributed by atoms with E-state index in [-0.39, 0.29) is 4.99 Å². The minimum atomic E-state index is 0.234. The summed E-state index contributed by atoms with van der Waals surface area (Å²) >= 11 is 8.40. The molecule has 0 amide bonds. The number of aromatic nitrogens is 1. The average molecular weight is 323 g/mol. The molecular formula is C13H11BrN2OS. The molecule has 0 aliphatic heterocycles. The zero-order valence-corrected chi connectivity index (χ0v) is 11.9. The van der Waals surface area contributed by atoms with Gasteiger partial charge in [-0.1, -0.05) is 46.3 Å². The van der Waals surface area contributed by atoms with Crippen molar-refractivity contribution < 1.29 is 4.74 Å². The Hall–Kier alpha value is -1.46. The summed E-state index contributed by atoms with van der Waals surface area (Å²) in [4.78, 5) is 4.34. The van der Waals surface area contributed by atoms with Gasteiger partial charge in [0.15, 0.2) is 0 Å². The van der Waals surface area contributed by atoms with Crippen LogP contribution in [0.5, 0.6) is 5.75 Å². The quantitative estimate of drug-likeness (QED) is 0.879. The van der Waals surface area contributed by atoms with Gasteiger partial charge in [0.2, 0.25) is 0 Å². The molecule has 0 atom stereocenters. The molecule has 0 aliphatic carbocycles. The summed E-state index contributed by atoms with van der Waals surface area (Å²) in [6.45, 7) is 0.433. The highest BCUT2D eigenvalue weighted by Crippen LogP contribution is 2.20. The van der Waals surface area contributed by atoms with Gasteiger partial charge in [-0.15, -0.1) is 0 Å². The fourth-order valence-electron chi connectivity index (χ4n) is 1.46. The van der Waals surface area contributed by atoms with Gasteiger partial charge in [0.25, 0.3) is 0 Å². The van der Waals surface area contributed by atoms with E-state index in [4.69, 9.17) is 22.7 Å². The Morgan fingerprint density at radius 1 is 1.28 bits per heavy atom. The van der Waals surface area contributed by atoms with Gasteiger partial charge in [-0.2, -0.15) is 0 Å². The summed E-state index contributed by atoms with van der Waals surface area (Å²) in [6, 6.07) is 11.5. The van der Waals surface area contributed by atoms with Crippen LogP contribution in [0.25, 0.3) is 0 Å². The second-order valence-corrected chi connectivity index (χ2v) is 4.89. The zero-order chi connectivity index (χ0) is 13.0. The summed E-state index contributed by atoms with van der Waals surface area (Å²) in [6.07, 6.45) is 1.64. The monoisotopic (exact) mass is 322 g/mol. The number of ether oxygens (including phenoxy) is 1. The van der Waals surface area contributed by atoms with Gasteiger partial charge in [0.05, 0.1) is 0 Å². The van der Waals surface area contributed by atoms with Gasteiger partial charge in [0.1, 0.15) is 23.0 Å². The highest BCUT2D eigenvalue weighted by Gasteiger charge is 2.08. The number of pyridine rings is 1. The standard InChI is InChI=1S/C13H11BrN2OS/c14-10-5-2-1-4-9(10)8-17-11-6-3-7-16-12(11)13(15)18/h1-7H,8H2,(H2,15,18). The first-order chi connectivity index (χ1) is 8.68.